The van der Waals surface area contributed by atoms with Gasteiger partial charge >= 0.3 is 0 Å². The average Bonchev–Trinajstić information content (AvgIpc) is 2.85. The zero-order chi connectivity index (χ0) is 11.4. The second-order valence-electron chi connectivity index (χ2n) is 4.29. The highest BCUT2D eigenvalue weighted by atomic mass is 32.1. The summed E-state index contributed by atoms with van der Waals surface area (Å²) in [6.07, 6.45) is 2.80. The first-order valence-corrected chi connectivity index (χ1v) is 5.92. The number of hydrogen-bond acceptors (Lipinski definition) is 2. The van der Waals surface area contributed by atoms with Gasteiger partial charge in [0.1, 0.15) is 0 Å². The number of para-hydroxylation sites is 1. The van der Waals surface area contributed by atoms with Gasteiger partial charge in [-0.25, -0.2) is 4.98 Å². The number of fused-ring (bicyclic) bond motifs is 5. The van der Waals surface area contributed by atoms with Crippen LogP contribution in [0.15, 0.2) is 30.5 Å². The molecule has 4 heteroatoms. The lowest BCUT2D eigenvalue weighted by Crippen LogP contribution is -1.89. The van der Waals surface area contributed by atoms with E-state index in [0.29, 0.717) is 4.77 Å². The molecule has 82 valence electrons. The van der Waals surface area contributed by atoms with Crippen LogP contribution in [0.5, 0.6) is 0 Å². The monoisotopic (exact) mass is 239 g/mol. The molecule has 0 fully saturated rings. The molecule has 0 bridgehead atoms. The first-order chi connectivity index (χ1) is 8.33. The maximum absolute atomic E-state index is 5.08. The fraction of sp³-hybridized carbons (Fsp3) is 0.0769. The molecule has 2 heterocycles. The van der Waals surface area contributed by atoms with E-state index in [1.54, 1.807) is 0 Å². The summed E-state index contributed by atoms with van der Waals surface area (Å²) in [5.41, 5.74) is 5.99. The number of aromatic amines is 2. The molecule has 0 saturated heterocycles. The molecule has 17 heavy (non-hydrogen) atoms. The summed E-state index contributed by atoms with van der Waals surface area (Å²) in [6.45, 7) is 0. The summed E-state index contributed by atoms with van der Waals surface area (Å²) in [4.78, 5) is 10.8. The fourth-order valence-electron chi connectivity index (χ4n) is 2.57. The van der Waals surface area contributed by atoms with Crippen LogP contribution in [0.3, 0.4) is 0 Å². The lowest BCUT2D eigenvalue weighted by molar-refractivity contribution is 1.10. The van der Waals surface area contributed by atoms with Gasteiger partial charge in [-0.2, -0.15) is 0 Å². The highest BCUT2D eigenvalue weighted by molar-refractivity contribution is 7.71. The third kappa shape index (κ3) is 1.16. The van der Waals surface area contributed by atoms with Crippen molar-refractivity contribution in [2.24, 2.45) is 0 Å². The van der Waals surface area contributed by atoms with Crippen molar-refractivity contribution in [3.63, 3.8) is 0 Å². The Labute approximate surface area is 103 Å². The Bertz CT molecular complexity index is 798. The second kappa shape index (κ2) is 3.05. The second-order valence-corrected chi connectivity index (χ2v) is 4.68. The van der Waals surface area contributed by atoms with Crippen molar-refractivity contribution in [3.05, 3.63) is 46.4 Å². The standard InChI is InChI=1S/C13H9N3S/c17-13-14-6-7-5-9-8-3-1-2-4-10(8)15-12(9)11(7)16-13/h1-4,6,15H,5H2,(H,14,16,17). The summed E-state index contributed by atoms with van der Waals surface area (Å²) < 4.78 is 0.537. The number of benzene rings is 1. The first-order valence-electron chi connectivity index (χ1n) is 5.51. The van der Waals surface area contributed by atoms with Crippen molar-refractivity contribution in [2.75, 3.05) is 0 Å². The summed E-state index contributed by atoms with van der Waals surface area (Å²) in [6, 6.07) is 8.37. The minimum absolute atomic E-state index is 0.537. The van der Waals surface area contributed by atoms with Crippen molar-refractivity contribution in [3.8, 4) is 11.4 Å². The van der Waals surface area contributed by atoms with E-state index in [1.165, 1.54) is 22.0 Å². The van der Waals surface area contributed by atoms with Crippen LogP contribution < -0.4 is 0 Å². The maximum Gasteiger partial charge on any atom is 0.197 e. The predicted octanol–water partition coefficient (Wildman–Crippen LogP) is 3.19. The van der Waals surface area contributed by atoms with Crippen molar-refractivity contribution < 1.29 is 0 Å². The molecule has 0 radical (unpaired) electrons. The molecular weight excluding hydrogens is 230 g/mol. The number of aromatic nitrogens is 3. The van der Waals surface area contributed by atoms with Gasteiger partial charge in [-0.05, 0) is 23.8 Å². The van der Waals surface area contributed by atoms with Crippen LogP contribution in [-0.2, 0) is 6.42 Å². The van der Waals surface area contributed by atoms with E-state index in [-0.39, 0.29) is 0 Å². The Morgan fingerprint density at radius 3 is 2.94 bits per heavy atom. The Hall–Kier alpha value is -1.94. The highest BCUT2D eigenvalue weighted by Gasteiger charge is 2.23. The molecule has 0 unspecified atom stereocenters. The third-order valence-corrected chi connectivity index (χ3v) is 3.53. The molecule has 2 aromatic heterocycles. The van der Waals surface area contributed by atoms with Crippen LogP contribution in [0.2, 0.25) is 0 Å². The smallest absolute Gasteiger partial charge is 0.197 e. The molecule has 1 aliphatic carbocycles. The predicted molar refractivity (Wildman–Crippen MR) is 69.5 cm³/mol. The lowest BCUT2D eigenvalue weighted by Gasteiger charge is -1.98. The molecule has 2 N–H and O–H groups in total. The molecule has 3 aromatic rings. The number of hydrogen-bond donors (Lipinski definition) is 2. The van der Waals surface area contributed by atoms with E-state index < -0.39 is 0 Å². The van der Waals surface area contributed by atoms with Gasteiger partial charge in [0.25, 0.3) is 0 Å². The quantitative estimate of drug-likeness (QED) is 0.463. The lowest BCUT2D eigenvalue weighted by atomic mass is 10.1. The Kier molecular flexibility index (Phi) is 1.64. The van der Waals surface area contributed by atoms with Crippen LogP contribution in [0.1, 0.15) is 11.1 Å². The van der Waals surface area contributed by atoms with Crippen molar-refractivity contribution in [1.29, 1.82) is 0 Å². The molecule has 1 aliphatic rings. The van der Waals surface area contributed by atoms with Gasteiger partial charge in [0.15, 0.2) is 4.77 Å². The Morgan fingerprint density at radius 1 is 1.12 bits per heavy atom. The van der Waals surface area contributed by atoms with E-state index in [0.717, 1.165) is 17.8 Å². The van der Waals surface area contributed by atoms with Gasteiger partial charge in [-0.3, -0.25) is 0 Å². The van der Waals surface area contributed by atoms with Gasteiger partial charge in [-0.1, -0.05) is 18.2 Å². The van der Waals surface area contributed by atoms with Crippen LogP contribution in [0.25, 0.3) is 22.3 Å². The molecular formula is C13H9N3S. The van der Waals surface area contributed by atoms with Crippen LogP contribution >= 0.6 is 12.2 Å². The Morgan fingerprint density at radius 2 is 2.00 bits per heavy atom. The molecule has 1 aromatic carbocycles. The summed E-state index contributed by atoms with van der Waals surface area (Å²) in [7, 11) is 0. The molecule has 4 rings (SSSR count). The van der Waals surface area contributed by atoms with E-state index in [1.807, 2.05) is 12.3 Å². The van der Waals surface area contributed by atoms with E-state index in [2.05, 4.69) is 33.2 Å². The minimum atomic E-state index is 0.537. The summed E-state index contributed by atoms with van der Waals surface area (Å²) >= 11 is 5.08. The fourth-order valence-corrected chi connectivity index (χ4v) is 2.72. The van der Waals surface area contributed by atoms with Crippen molar-refractivity contribution in [2.45, 2.75) is 6.42 Å². The van der Waals surface area contributed by atoms with E-state index >= 15 is 0 Å². The number of nitrogens with one attached hydrogen (secondary N) is 2. The summed E-state index contributed by atoms with van der Waals surface area (Å²) in [5.74, 6) is 0. The maximum atomic E-state index is 5.08. The number of rotatable bonds is 0. The SMILES string of the molecule is S=c1ncc2c([nH]1)-c1[nH]c3ccccc3c1C2. The molecule has 0 atom stereocenters. The zero-order valence-electron chi connectivity index (χ0n) is 8.95. The van der Waals surface area contributed by atoms with Gasteiger partial charge in [0.05, 0.1) is 11.4 Å². The van der Waals surface area contributed by atoms with Crippen molar-refractivity contribution in [1.82, 2.24) is 15.0 Å². The molecule has 0 spiro atoms. The van der Waals surface area contributed by atoms with Gasteiger partial charge in [-0.15, -0.1) is 0 Å². The normalized spacial score (nSPS) is 12.7. The Balaban J connectivity index is 2.12. The van der Waals surface area contributed by atoms with Gasteiger partial charge in [0, 0.05) is 29.1 Å². The van der Waals surface area contributed by atoms with Gasteiger partial charge < -0.3 is 9.97 Å². The minimum Gasteiger partial charge on any atom is -0.353 e. The average molecular weight is 239 g/mol. The van der Waals surface area contributed by atoms with E-state index in [4.69, 9.17) is 12.2 Å². The van der Waals surface area contributed by atoms with E-state index in [9.17, 15) is 0 Å². The van der Waals surface area contributed by atoms with Crippen molar-refractivity contribution >= 4 is 23.1 Å². The first kappa shape index (κ1) is 9.13. The van der Waals surface area contributed by atoms with Crippen LogP contribution in [0, 0.1) is 4.77 Å². The molecule has 0 aliphatic heterocycles. The molecule has 0 amide bonds. The highest BCUT2D eigenvalue weighted by Crippen LogP contribution is 2.38. The largest absolute Gasteiger partial charge is 0.353 e. The molecule has 3 nitrogen and oxygen atoms in total. The number of H-pyrrole nitrogens is 2. The van der Waals surface area contributed by atoms with Crippen LogP contribution in [-0.4, -0.2) is 15.0 Å². The molecule has 0 saturated carbocycles. The topological polar surface area (TPSA) is 44.5 Å². The van der Waals surface area contributed by atoms with Crippen LogP contribution in [0.4, 0.5) is 0 Å². The number of nitrogens with zero attached hydrogens (tertiary/aromatic N) is 1. The van der Waals surface area contributed by atoms with Gasteiger partial charge in [0.2, 0.25) is 0 Å². The zero-order valence-corrected chi connectivity index (χ0v) is 9.77. The third-order valence-electron chi connectivity index (χ3n) is 3.32. The summed E-state index contributed by atoms with van der Waals surface area (Å²) in [5, 5.41) is 1.29.